The predicted molar refractivity (Wildman–Crippen MR) is 101 cm³/mol. The summed E-state index contributed by atoms with van der Waals surface area (Å²) in [5.74, 6) is 0.929. The Balaban J connectivity index is 1.80. The Hall–Kier alpha value is -2.33. The zero-order chi connectivity index (χ0) is 17.4. The molecule has 1 N–H and O–H groups in total. The van der Waals surface area contributed by atoms with Crippen molar-refractivity contribution in [1.82, 2.24) is 9.38 Å². The highest BCUT2D eigenvalue weighted by molar-refractivity contribution is 6.30. The lowest BCUT2D eigenvalue weighted by molar-refractivity contribution is -0.119. The summed E-state index contributed by atoms with van der Waals surface area (Å²) in [5, 5.41) is 3.82. The normalized spacial score (nSPS) is 15.0. The summed E-state index contributed by atoms with van der Waals surface area (Å²) in [6.45, 7) is 2.04. The van der Waals surface area contributed by atoms with E-state index in [9.17, 15) is 4.79 Å². The second-order valence-electron chi connectivity index (χ2n) is 6.72. The largest absolute Gasteiger partial charge is 0.310 e. The fraction of sp³-hybridized carbons (Fsp3) is 0.300. The van der Waals surface area contributed by atoms with Crippen LogP contribution in [-0.4, -0.2) is 15.3 Å². The molecule has 0 spiro atoms. The molecule has 0 bridgehead atoms. The van der Waals surface area contributed by atoms with Crippen LogP contribution >= 0.6 is 11.6 Å². The van der Waals surface area contributed by atoms with Crippen LogP contribution in [0.25, 0.3) is 16.9 Å². The number of imidazole rings is 1. The van der Waals surface area contributed by atoms with Crippen LogP contribution in [0.2, 0.25) is 5.02 Å². The van der Waals surface area contributed by atoms with Gasteiger partial charge in [-0.3, -0.25) is 9.20 Å². The number of nitrogens with zero attached hydrogens (tertiary/aromatic N) is 2. The highest BCUT2D eigenvalue weighted by atomic mass is 35.5. The van der Waals surface area contributed by atoms with E-state index in [4.69, 9.17) is 16.6 Å². The number of anilines is 1. The highest BCUT2D eigenvalue weighted by Crippen LogP contribution is 2.32. The summed E-state index contributed by atoms with van der Waals surface area (Å²) in [4.78, 5) is 17.4. The topological polar surface area (TPSA) is 46.4 Å². The van der Waals surface area contributed by atoms with Crippen molar-refractivity contribution in [2.45, 2.75) is 32.6 Å². The van der Waals surface area contributed by atoms with Crippen molar-refractivity contribution in [3.8, 4) is 11.3 Å². The minimum Gasteiger partial charge on any atom is -0.310 e. The van der Waals surface area contributed by atoms with Crippen molar-refractivity contribution in [2.24, 2.45) is 5.92 Å². The van der Waals surface area contributed by atoms with E-state index in [-0.39, 0.29) is 11.8 Å². The van der Waals surface area contributed by atoms with Gasteiger partial charge in [0.05, 0.1) is 0 Å². The van der Waals surface area contributed by atoms with Gasteiger partial charge in [0, 0.05) is 22.7 Å². The van der Waals surface area contributed by atoms with Crippen LogP contribution < -0.4 is 5.32 Å². The Morgan fingerprint density at radius 2 is 1.92 bits per heavy atom. The summed E-state index contributed by atoms with van der Waals surface area (Å²) in [6.07, 6.45) is 6.17. The fourth-order valence-corrected chi connectivity index (χ4v) is 3.61. The number of fused-ring (bicyclic) bond motifs is 1. The van der Waals surface area contributed by atoms with Crippen molar-refractivity contribution in [3.63, 3.8) is 0 Å². The number of benzene rings is 1. The number of carbonyl (C=O) groups is 1. The van der Waals surface area contributed by atoms with Gasteiger partial charge in [-0.05, 0) is 49.6 Å². The molecule has 4 rings (SSSR count). The Morgan fingerprint density at radius 1 is 1.20 bits per heavy atom. The molecule has 0 atom stereocenters. The number of pyridine rings is 1. The molecule has 1 amide bonds. The van der Waals surface area contributed by atoms with E-state index < -0.39 is 0 Å². The maximum Gasteiger partial charge on any atom is 0.228 e. The third-order valence-electron chi connectivity index (χ3n) is 4.87. The standard InChI is InChI=1S/C20H20ClN3O/c1-13-10-11-24-17(12-13)22-18(14-6-8-16(21)9-7-14)19(24)23-20(25)15-4-2-3-5-15/h6-12,15H,2-5H2,1H3,(H,23,25). The molecule has 0 aliphatic heterocycles. The van der Waals surface area contributed by atoms with Crippen molar-refractivity contribution in [1.29, 1.82) is 0 Å². The van der Waals surface area contributed by atoms with Crippen LogP contribution in [0.4, 0.5) is 5.82 Å². The van der Waals surface area contributed by atoms with Crippen LogP contribution in [-0.2, 0) is 4.79 Å². The Kier molecular flexibility index (Phi) is 4.22. The molecule has 0 radical (unpaired) electrons. The van der Waals surface area contributed by atoms with Gasteiger partial charge >= 0.3 is 0 Å². The number of aryl methyl sites for hydroxylation is 1. The molecule has 128 valence electrons. The van der Waals surface area contributed by atoms with Crippen molar-refractivity contribution in [2.75, 3.05) is 5.32 Å². The fourth-order valence-electron chi connectivity index (χ4n) is 3.48. The molecule has 1 aromatic carbocycles. The highest BCUT2D eigenvalue weighted by Gasteiger charge is 2.25. The molecule has 1 fully saturated rings. The molecule has 0 saturated heterocycles. The second kappa shape index (κ2) is 6.52. The number of halogens is 1. The van der Waals surface area contributed by atoms with Crippen LogP contribution in [0.5, 0.6) is 0 Å². The number of aromatic nitrogens is 2. The summed E-state index contributed by atoms with van der Waals surface area (Å²) >= 11 is 6.01. The zero-order valence-electron chi connectivity index (χ0n) is 14.1. The Morgan fingerprint density at radius 3 is 2.64 bits per heavy atom. The first-order chi connectivity index (χ1) is 12.1. The molecule has 3 aromatic rings. The lowest BCUT2D eigenvalue weighted by Gasteiger charge is -2.12. The van der Waals surface area contributed by atoms with Gasteiger partial charge < -0.3 is 5.32 Å². The first-order valence-corrected chi connectivity index (χ1v) is 9.05. The average Bonchev–Trinajstić information content (AvgIpc) is 3.24. The van der Waals surface area contributed by atoms with Gasteiger partial charge in [-0.15, -0.1) is 0 Å². The molecular weight excluding hydrogens is 334 g/mol. The third-order valence-corrected chi connectivity index (χ3v) is 5.12. The molecule has 4 nitrogen and oxygen atoms in total. The smallest absolute Gasteiger partial charge is 0.228 e. The number of hydrogen-bond donors (Lipinski definition) is 1. The van der Waals surface area contributed by atoms with Gasteiger partial charge in [0.25, 0.3) is 0 Å². The monoisotopic (exact) mass is 353 g/mol. The van der Waals surface area contributed by atoms with E-state index in [0.717, 1.165) is 54.0 Å². The number of rotatable bonds is 3. The molecule has 1 aliphatic rings. The lowest BCUT2D eigenvalue weighted by atomic mass is 10.1. The van der Waals surface area contributed by atoms with E-state index in [1.54, 1.807) is 0 Å². The molecule has 1 saturated carbocycles. The number of carbonyl (C=O) groups excluding carboxylic acids is 1. The van der Waals surface area contributed by atoms with Gasteiger partial charge in [-0.25, -0.2) is 4.98 Å². The van der Waals surface area contributed by atoms with Gasteiger partial charge in [0.15, 0.2) is 0 Å². The quantitative estimate of drug-likeness (QED) is 0.712. The maximum atomic E-state index is 12.7. The minimum absolute atomic E-state index is 0.0927. The van der Waals surface area contributed by atoms with Gasteiger partial charge in [-0.1, -0.05) is 36.6 Å². The predicted octanol–water partition coefficient (Wildman–Crippen LogP) is 5.09. The zero-order valence-corrected chi connectivity index (χ0v) is 14.9. The summed E-state index contributed by atoms with van der Waals surface area (Å²) < 4.78 is 1.95. The van der Waals surface area contributed by atoms with Crippen LogP contribution in [0.15, 0.2) is 42.6 Å². The van der Waals surface area contributed by atoms with Crippen LogP contribution in [0.3, 0.4) is 0 Å². The van der Waals surface area contributed by atoms with E-state index in [1.807, 2.05) is 53.9 Å². The second-order valence-corrected chi connectivity index (χ2v) is 7.16. The molecular formula is C20H20ClN3O. The Bertz CT molecular complexity index is 924. The lowest BCUT2D eigenvalue weighted by Crippen LogP contribution is -2.21. The first-order valence-electron chi connectivity index (χ1n) is 8.67. The van der Waals surface area contributed by atoms with Crippen molar-refractivity contribution >= 4 is 29.0 Å². The maximum absolute atomic E-state index is 12.7. The molecule has 5 heteroatoms. The SMILES string of the molecule is Cc1ccn2c(NC(=O)C3CCCC3)c(-c3ccc(Cl)cc3)nc2c1. The van der Waals surface area contributed by atoms with Gasteiger partial charge in [0.2, 0.25) is 5.91 Å². The first kappa shape index (κ1) is 16.2. The van der Waals surface area contributed by atoms with E-state index >= 15 is 0 Å². The third kappa shape index (κ3) is 3.14. The average molecular weight is 354 g/mol. The van der Waals surface area contributed by atoms with Crippen LogP contribution in [0, 0.1) is 12.8 Å². The number of hydrogen-bond acceptors (Lipinski definition) is 2. The molecule has 25 heavy (non-hydrogen) atoms. The molecule has 1 aliphatic carbocycles. The van der Waals surface area contributed by atoms with Crippen molar-refractivity contribution < 1.29 is 4.79 Å². The summed E-state index contributed by atoms with van der Waals surface area (Å²) in [6, 6.07) is 11.6. The van der Waals surface area contributed by atoms with E-state index in [2.05, 4.69) is 5.32 Å². The number of nitrogens with one attached hydrogen (secondary N) is 1. The van der Waals surface area contributed by atoms with Gasteiger partial charge in [-0.2, -0.15) is 0 Å². The summed E-state index contributed by atoms with van der Waals surface area (Å²) in [7, 11) is 0. The number of amides is 1. The van der Waals surface area contributed by atoms with Crippen molar-refractivity contribution in [3.05, 3.63) is 53.2 Å². The summed E-state index contributed by atoms with van der Waals surface area (Å²) in [5.41, 5.74) is 3.67. The minimum atomic E-state index is 0.0927. The Labute approximate surface area is 151 Å². The molecule has 2 aromatic heterocycles. The van der Waals surface area contributed by atoms with E-state index in [0.29, 0.717) is 5.02 Å². The molecule has 2 heterocycles. The van der Waals surface area contributed by atoms with E-state index in [1.165, 1.54) is 0 Å². The van der Waals surface area contributed by atoms with Crippen LogP contribution in [0.1, 0.15) is 31.2 Å². The van der Waals surface area contributed by atoms with Gasteiger partial charge in [0.1, 0.15) is 17.2 Å². The molecule has 0 unspecified atom stereocenters.